The molecule has 0 radical (unpaired) electrons. The van der Waals surface area contributed by atoms with Crippen LogP contribution in [0.25, 0.3) is 33.0 Å². The van der Waals surface area contributed by atoms with E-state index >= 15 is 0 Å². The Bertz CT molecular complexity index is 965. The average Bonchev–Trinajstić information content (AvgIpc) is 2.62. The third-order valence-electron chi connectivity index (χ3n) is 4.40. The minimum Gasteiger partial charge on any atom is -0.0622 e. The van der Waals surface area contributed by atoms with Crippen molar-refractivity contribution < 1.29 is 0 Å². The highest BCUT2D eigenvalue weighted by atomic mass is 14.1. The van der Waals surface area contributed by atoms with Crippen molar-refractivity contribution in [2.75, 3.05) is 0 Å². The second-order valence-electron chi connectivity index (χ2n) is 5.93. The fraction of sp³-hybridized carbons (Fsp3) is 0.0435. The summed E-state index contributed by atoms with van der Waals surface area (Å²) in [6.07, 6.45) is 0. The first-order valence-electron chi connectivity index (χ1n) is 7.97. The Kier molecular flexibility index (Phi) is 3.44. The minimum absolute atomic E-state index is 1.26. The normalized spacial score (nSPS) is 10.8. The van der Waals surface area contributed by atoms with Crippen LogP contribution in [0.1, 0.15) is 5.56 Å². The lowest BCUT2D eigenvalue weighted by atomic mass is 9.92. The molecular weight excluding hydrogens is 276 g/mol. The van der Waals surface area contributed by atoms with Crippen LogP contribution in [0.2, 0.25) is 0 Å². The molecule has 0 aliphatic rings. The first kappa shape index (κ1) is 13.8. The van der Waals surface area contributed by atoms with E-state index in [0.717, 1.165) is 0 Å². The van der Waals surface area contributed by atoms with Crippen LogP contribution in [0, 0.1) is 6.92 Å². The highest BCUT2D eigenvalue weighted by Gasteiger charge is 2.08. The van der Waals surface area contributed by atoms with E-state index in [1.165, 1.54) is 38.6 Å². The van der Waals surface area contributed by atoms with Crippen LogP contribution in [0.3, 0.4) is 0 Å². The van der Waals surface area contributed by atoms with Gasteiger partial charge in [-0.05, 0) is 51.6 Å². The molecule has 0 aromatic heterocycles. The summed E-state index contributed by atoms with van der Waals surface area (Å²) in [5.74, 6) is 0. The Morgan fingerprint density at radius 1 is 0.522 bits per heavy atom. The zero-order valence-corrected chi connectivity index (χ0v) is 13.2. The molecule has 0 atom stereocenters. The SMILES string of the molecule is Cc1ccc2ccccc2c1-c1cccc(-c2ccccc2)c1. The largest absolute Gasteiger partial charge is 0.0622 e. The summed E-state index contributed by atoms with van der Waals surface area (Å²) in [7, 11) is 0. The van der Waals surface area contributed by atoms with Crippen molar-refractivity contribution in [3.05, 3.63) is 96.6 Å². The Labute approximate surface area is 137 Å². The molecule has 23 heavy (non-hydrogen) atoms. The van der Waals surface area contributed by atoms with Crippen molar-refractivity contribution >= 4 is 10.8 Å². The highest BCUT2D eigenvalue weighted by Crippen LogP contribution is 2.34. The van der Waals surface area contributed by atoms with E-state index in [1.807, 2.05) is 0 Å². The van der Waals surface area contributed by atoms with Crippen molar-refractivity contribution in [1.29, 1.82) is 0 Å². The van der Waals surface area contributed by atoms with Gasteiger partial charge in [-0.3, -0.25) is 0 Å². The molecule has 0 amide bonds. The second kappa shape index (κ2) is 5.73. The maximum atomic E-state index is 2.30. The molecule has 0 fully saturated rings. The summed E-state index contributed by atoms with van der Waals surface area (Å²) < 4.78 is 0. The predicted octanol–water partition coefficient (Wildman–Crippen LogP) is 6.48. The van der Waals surface area contributed by atoms with Gasteiger partial charge in [0.1, 0.15) is 0 Å². The number of fused-ring (bicyclic) bond motifs is 1. The van der Waals surface area contributed by atoms with Crippen LogP contribution in [-0.4, -0.2) is 0 Å². The number of benzene rings is 4. The molecule has 0 spiro atoms. The van der Waals surface area contributed by atoms with Gasteiger partial charge in [0.2, 0.25) is 0 Å². The molecule has 4 aromatic carbocycles. The molecule has 4 aromatic rings. The smallest absolute Gasteiger partial charge is 0.00759 e. The van der Waals surface area contributed by atoms with Crippen molar-refractivity contribution in [2.45, 2.75) is 6.92 Å². The Morgan fingerprint density at radius 3 is 2.09 bits per heavy atom. The maximum absolute atomic E-state index is 2.30. The Morgan fingerprint density at radius 2 is 1.22 bits per heavy atom. The zero-order chi connectivity index (χ0) is 15.6. The molecule has 0 bridgehead atoms. The Balaban J connectivity index is 1.94. The zero-order valence-electron chi connectivity index (χ0n) is 13.2. The first-order valence-corrected chi connectivity index (χ1v) is 7.97. The van der Waals surface area contributed by atoms with E-state index in [2.05, 4.69) is 97.9 Å². The third-order valence-corrected chi connectivity index (χ3v) is 4.40. The molecule has 0 unspecified atom stereocenters. The number of hydrogen-bond donors (Lipinski definition) is 0. The summed E-state index contributed by atoms with van der Waals surface area (Å²) in [4.78, 5) is 0. The van der Waals surface area contributed by atoms with Gasteiger partial charge in [-0.1, -0.05) is 84.9 Å². The molecule has 4 rings (SSSR count). The summed E-state index contributed by atoms with van der Waals surface area (Å²) in [6, 6.07) is 32.4. The van der Waals surface area contributed by atoms with Gasteiger partial charge in [0, 0.05) is 0 Å². The number of hydrogen-bond acceptors (Lipinski definition) is 0. The first-order chi connectivity index (χ1) is 11.3. The van der Waals surface area contributed by atoms with Gasteiger partial charge < -0.3 is 0 Å². The van der Waals surface area contributed by atoms with Gasteiger partial charge in [0.25, 0.3) is 0 Å². The molecule has 0 saturated heterocycles. The van der Waals surface area contributed by atoms with Crippen LogP contribution in [0.5, 0.6) is 0 Å². The summed E-state index contributed by atoms with van der Waals surface area (Å²) in [5.41, 5.74) is 6.44. The lowest BCUT2D eigenvalue weighted by Gasteiger charge is -2.12. The average molecular weight is 294 g/mol. The fourth-order valence-corrected chi connectivity index (χ4v) is 3.25. The number of rotatable bonds is 2. The lowest BCUT2D eigenvalue weighted by molar-refractivity contribution is 1.48. The van der Waals surface area contributed by atoms with Crippen LogP contribution < -0.4 is 0 Å². The highest BCUT2D eigenvalue weighted by molar-refractivity contribution is 5.98. The van der Waals surface area contributed by atoms with E-state index in [4.69, 9.17) is 0 Å². The van der Waals surface area contributed by atoms with E-state index in [-0.39, 0.29) is 0 Å². The maximum Gasteiger partial charge on any atom is -0.00759 e. The van der Waals surface area contributed by atoms with E-state index in [0.29, 0.717) is 0 Å². The van der Waals surface area contributed by atoms with Gasteiger partial charge >= 0.3 is 0 Å². The van der Waals surface area contributed by atoms with Crippen molar-refractivity contribution in [3.8, 4) is 22.3 Å². The van der Waals surface area contributed by atoms with Crippen LogP contribution in [0.4, 0.5) is 0 Å². The van der Waals surface area contributed by atoms with Crippen molar-refractivity contribution in [2.24, 2.45) is 0 Å². The summed E-state index contributed by atoms with van der Waals surface area (Å²) >= 11 is 0. The quantitative estimate of drug-likeness (QED) is 0.397. The number of aryl methyl sites for hydroxylation is 1. The minimum atomic E-state index is 1.26. The van der Waals surface area contributed by atoms with Gasteiger partial charge in [-0.2, -0.15) is 0 Å². The lowest BCUT2D eigenvalue weighted by Crippen LogP contribution is -1.87. The van der Waals surface area contributed by atoms with Crippen LogP contribution in [0.15, 0.2) is 91.0 Å². The summed E-state index contributed by atoms with van der Waals surface area (Å²) in [5, 5.41) is 2.61. The predicted molar refractivity (Wildman–Crippen MR) is 99.6 cm³/mol. The standard InChI is InChI=1S/C23H18/c1-17-14-15-19-10-5-6-13-22(19)23(17)21-12-7-11-20(16-21)18-8-3-2-4-9-18/h2-16H,1H3. The molecule has 110 valence electrons. The monoisotopic (exact) mass is 294 g/mol. The third kappa shape index (κ3) is 2.53. The molecule has 0 nitrogen and oxygen atoms in total. The van der Waals surface area contributed by atoms with Gasteiger partial charge in [0.05, 0.1) is 0 Å². The molecule has 0 saturated carbocycles. The van der Waals surface area contributed by atoms with Gasteiger partial charge in [-0.25, -0.2) is 0 Å². The van der Waals surface area contributed by atoms with Gasteiger partial charge in [0.15, 0.2) is 0 Å². The van der Waals surface area contributed by atoms with E-state index < -0.39 is 0 Å². The molecule has 0 heteroatoms. The van der Waals surface area contributed by atoms with Crippen LogP contribution >= 0.6 is 0 Å². The van der Waals surface area contributed by atoms with E-state index in [1.54, 1.807) is 0 Å². The second-order valence-corrected chi connectivity index (χ2v) is 5.93. The van der Waals surface area contributed by atoms with Gasteiger partial charge in [-0.15, -0.1) is 0 Å². The molecule has 0 N–H and O–H groups in total. The molecule has 0 heterocycles. The fourth-order valence-electron chi connectivity index (χ4n) is 3.25. The Hall–Kier alpha value is -2.86. The van der Waals surface area contributed by atoms with E-state index in [9.17, 15) is 0 Å². The topological polar surface area (TPSA) is 0 Å². The van der Waals surface area contributed by atoms with Crippen molar-refractivity contribution in [3.63, 3.8) is 0 Å². The molecular formula is C23H18. The van der Waals surface area contributed by atoms with Crippen molar-refractivity contribution in [1.82, 2.24) is 0 Å². The molecule has 0 aliphatic carbocycles. The molecule has 0 aliphatic heterocycles. The van der Waals surface area contributed by atoms with Crippen LogP contribution in [-0.2, 0) is 0 Å². The summed E-state index contributed by atoms with van der Waals surface area (Å²) in [6.45, 7) is 2.19.